The average Bonchev–Trinajstić information content (AvgIpc) is 3.18. The monoisotopic (exact) mass is 538 g/mol. The number of ether oxygens (including phenoxy) is 1. The zero-order valence-corrected chi connectivity index (χ0v) is 19.7. The third-order valence-electron chi connectivity index (χ3n) is 6.43. The van der Waals surface area contributed by atoms with E-state index in [-0.39, 0.29) is 52.5 Å². The molecular formula is C24H19ClF4N4O4. The molecule has 0 spiro atoms. The molecule has 2 saturated carbocycles. The van der Waals surface area contributed by atoms with Gasteiger partial charge in [-0.15, -0.1) is 0 Å². The van der Waals surface area contributed by atoms with Crippen LogP contribution in [0, 0.1) is 11.7 Å². The maximum Gasteiger partial charge on any atom is 0.433 e. The maximum atomic E-state index is 13.5. The molecule has 0 bridgehead atoms. The number of fused-ring (bicyclic) bond motifs is 1. The van der Waals surface area contributed by atoms with E-state index in [1.165, 1.54) is 18.3 Å². The number of hydrogen-bond acceptors (Lipinski definition) is 6. The molecule has 1 aromatic carbocycles. The number of nitrogens with one attached hydrogen (secondary N) is 2. The Hall–Kier alpha value is -3.67. The highest BCUT2D eigenvalue weighted by Crippen LogP contribution is 2.55. The Morgan fingerprint density at radius 3 is 2.68 bits per heavy atom. The largest absolute Gasteiger partial charge is 0.484 e. The first-order chi connectivity index (χ1) is 17.5. The van der Waals surface area contributed by atoms with Crippen molar-refractivity contribution in [2.24, 2.45) is 5.92 Å². The molecule has 2 amide bonds. The fourth-order valence-corrected chi connectivity index (χ4v) is 4.71. The number of alkyl halides is 3. The number of hydrogen-bond donors (Lipinski definition) is 2. The van der Waals surface area contributed by atoms with Gasteiger partial charge in [0, 0.05) is 23.8 Å². The van der Waals surface area contributed by atoms with Gasteiger partial charge in [0.15, 0.2) is 6.61 Å². The number of carbonyl (C=O) groups is 2. The number of nitrogens with zero attached hydrogens (tertiary/aromatic N) is 2. The van der Waals surface area contributed by atoms with Crippen LogP contribution in [0.5, 0.6) is 5.75 Å². The van der Waals surface area contributed by atoms with Crippen molar-refractivity contribution in [3.05, 3.63) is 65.0 Å². The summed E-state index contributed by atoms with van der Waals surface area (Å²) in [4.78, 5) is 32.3. The summed E-state index contributed by atoms with van der Waals surface area (Å²) in [5, 5.41) is 5.75. The first-order valence-corrected chi connectivity index (χ1v) is 11.6. The molecule has 194 valence electrons. The topological polar surface area (TPSA) is 106 Å². The Morgan fingerprint density at radius 1 is 1.16 bits per heavy atom. The molecule has 0 radical (unpaired) electrons. The molecule has 3 unspecified atom stereocenters. The van der Waals surface area contributed by atoms with Crippen LogP contribution in [0.25, 0.3) is 11.5 Å². The molecule has 3 aromatic rings. The second-order valence-corrected chi connectivity index (χ2v) is 9.45. The van der Waals surface area contributed by atoms with Gasteiger partial charge in [0.05, 0.1) is 16.8 Å². The van der Waals surface area contributed by atoms with E-state index in [4.69, 9.17) is 20.8 Å². The van der Waals surface area contributed by atoms with Gasteiger partial charge in [-0.25, -0.2) is 9.37 Å². The number of rotatable bonds is 7. The lowest BCUT2D eigenvalue weighted by atomic mass is 10.1. The molecule has 5 rings (SSSR count). The van der Waals surface area contributed by atoms with E-state index < -0.39 is 29.1 Å². The van der Waals surface area contributed by atoms with E-state index >= 15 is 0 Å². The lowest BCUT2D eigenvalue weighted by Crippen LogP contribution is -2.42. The van der Waals surface area contributed by atoms with Crippen molar-refractivity contribution in [1.29, 1.82) is 0 Å². The van der Waals surface area contributed by atoms with E-state index in [1.807, 2.05) is 0 Å². The van der Waals surface area contributed by atoms with Gasteiger partial charge >= 0.3 is 6.18 Å². The molecule has 2 aliphatic carbocycles. The van der Waals surface area contributed by atoms with Crippen LogP contribution in [-0.4, -0.2) is 40.0 Å². The van der Waals surface area contributed by atoms with Crippen LogP contribution in [0.1, 0.15) is 35.5 Å². The third kappa shape index (κ3) is 5.38. The summed E-state index contributed by atoms with van der Waals surface area (Å²) >= 11 is 5.62. The summed E-state index contributed by atoms with van der Waals surface area (Å²) in [6, 6.07) is 5.67. The maximum absolute atomic E-state index is 13.5. The highest BCUT2D eigenvalue weighted by molar-refractivity contribution is 6.30. The van der Waals surface area contributed by atoms with Crippen LogP contribution in [0.4, 0.5) is 17.6 Å². The van der Waals surface area contributed by atoms with Crippen molar-refractivity contribution in [3.63, 3.8) is 0 Å². The average molecular weight is 539 g/mol. The van der Waals surface area contributed by atoms with Crippen molar-refractivity contribution in [2.75, 3.05) is 6.61 Å². The van der Waals surface area contributed by atoms with Gasteiger partial charge in [-0.2, -0.15) is 13.2 Å². The van der Waals surface area contributed by atoms with Crippen LogP contribution >= 0.6 is 11.6 Å². The summed E-state index contributed by atoms with van der Waals surface area (Å²) < 4.78 is 62.3. The summed E-state index contributed by atoms with van der Waals surface area (Å²) in [6.45, 7) is -0.304. The van der Waals surface area contributed by atoms with Crippen molar-refractivity contribution < 1.29 is 36.3 Å². The van der Waals surface area contributed by atoms with Crippen molar-refractivity contribution in [3.8, 4) is 17.2 Å². The molecule has 2 heterocycles. The van der Waals surface area contributed by atoms with Gasteiger partial charge in [-0.05, 0) is 49.4 Å². The van der Waals surface area contributed by atoms with Gasteiger partial charge in [0.1, 0.15) is 17.3 Å². The summed E-state index contributed by atoms with van der Waals surface area (Å²) in [6.07, 6.45) is -0.475. The Kier molecular flexibility index (Phi) is 6.30. The smallest absolute Gasteiger partial charge is 0.433 e. The Morgan fingerprint density at radius 2 is 1.97 bits per heavy atom. The van der Waals surface area contributed by atoms with Crippen LogP contribution < -0.4 is 15.4 Å². The summed E-state index contributed by atoms with van der Waals surface area (Å²) in [5.74, 6) is -1.32. The van der Waals surface area contributed by atoms with Gasteiger partial charge in [0.2, 0.25) is 11.7 Å². The highest BCUT2D eigenvalue weighted by Gasteiger charge is 2.61. The van der Waals surface area contributed by atoms with Crippen molar-refractivity contribution in [2.45, 2.75) is 37.0 Å². The van der Waals surface area contributed by atoms with Crippen molar-refractivity contribution >= 4 is 23.4 Å². The number of carbonyl (C=O) groups excluding carboxylic acids is 2. The Bertz CT molecular complexity index is 1350. The van der Waals surface area contributed by atoms with Gasteiger partial charge in [-0.1, -0.05) is 11.6 Å². The predicted octanol–water partition coefficient (Wildman–Crippen LogP) is 4.39. The Balaban J connectivity index is 1.13. The number of pyridine rings is 1. The minimum Gasteiger partial charge on any atom is -0.484 e. The van der Waals surface area contributed by atoms with Gasteiger partial charge < -0.3 is 19.8 Å². The normalized spacial score (nSPS) is 22.3. The van der Waals surface area contributed by atoms with E-state index in [9.17, 15) is 27.2 Å². The fourth-order valence-electron chi connectivity index (χ4n) is 4.59. The van der Waals surface area contributed by atoms with Gasteiger partial charge in [-0.3, -0.25) is 14.6 Å². The summed E-state index contributed by atoms with van der Waals surface area (Å²) in [7, 11) is 0. The van der Waals surface area contributed by atoms with E-state index in [0.29, 0.717) is 12.8 Å². The van der Waals surface area contributed by atoms with E-state index in [0.717, 1.165) is 30.8 Å². The van der Waals surface area contributed by atoms with E-state index in [1.54, 1.807) is 0 Å². The summed E-state index contributed by atoms with van der Waals surface area (Å²) in [5.41, 5.74) is -1.34. The molecule has 3 atom stereocenters. The van der Waals surface area contributed by atoms with Crippen molar-refractivity contribution in [1.82, 2.24) is 20.6 Å². The molecule has 8 nitrogen and oxygen atoms in total. The second kappa shape index (κ2) is 9.33. The lowest BCUT2D eigenvalue weighted by molar-refractivity contribution is -0.141. The van der Waals surface area contributed by atoms with Crippen LogP contribution in [0.2, 0.25) is 5.02 Å². The molecule has 2 aliphatic rings. The molecule has 2 N–H and O–H groups in total. The number of amides is 2. The first kappa shape index (κ1) is 25.0. The molecule has 0 saturated heterocycles. The molecule has 2 fully saturated rings. The minimum absolute atomic E-state index is 0.0339. The standard InChI is InChI=1S/C24H19ClF4N4O4/c25-16-3-2-15(6-17(16)26)36-11-20(34)32-14-5-13-7-23(13,8-14)33-21(35)18-10-31-22(37-18)12-1-4-19(30-9-12)24(27,28)29/h1-4,6,9-10,13-14H,5,7-8,11H2,(H,32,34)(H,33,35). The highest BCUT2D eigenvalue weighted by atomic mass is 35.5. The molecule has 2 aromatic heterocycles. The number of halogens is 5. The lowest BCUT2D eigenvalue weighted by Gasteiger charge is -2.19. The number of oxazole rings is 1. The zero-order valence-electron chi connectivity index (χ0n) is 18.9. The quantitative estimate of drug-likeness (QED) is 0.432. The fraction of sp³-hybridized carbons (Fsp3) is 0.333. The zero-order chi connectivity index (χ0) is 26.4. The second-order valence-electron chi connectivity index (χ2n) is 9.04. The van der Waals surface area contributed by atoms with Gasteiger partial charge in [0.25, 0.3) is 11.8 Å². The molecule has 13 heteroatoms. The Labute approximate surface area is 212 Å². The van der Waals surface area contributed by atoms with Crippen LogP contribution in [-0.2, 0) is 11.0 Å². The predicted molar refractivity (Wildman–Crippen MR) is 121 cm³/mol. The van der Waals surface area contributed by atoms with E-state index in [2.05, 4.69) is 20.6 Å². The first-order valence-electron chi connectivity index (χ1n) is 11.2. The number of aromatic nitrogens is 2. The molecule has 0 aliphatic heterocycles. The molecule has 37 heavy (non-hydrogen) atoms. The third-order valence-corrected chi connectivity index (χ3v) is 6.74. The SMILES string of the molecule is O=C(COc1ccc(Cl)c(F)c1)NC1CC2CC2(NC(=O)c2cnc(-c3ccc(C(F)(F)F)nc3)o2)C1. The van der Waals surface area contributed by atoms with Crippen LogP contribution in [0.15, 0.2) is 47.1 Å². The number of benzene rings is 1. The molecular weight excluding hydrogens is 520 g/mol. The van der Waals surface area contributed by atoms with Crippen LogP contribution in [0.3, 0.4) is 0 Å². The minimum atomic E-state index is -4.57.